The molecule has 1 amide bonds. The van der Waals surface area contributed by atoms with E-state index in [1.807, 2.05) is 30.1 Å². The zero-order chi connectivity index (χ0) is 30.2. The van der Waals surface area contributed by atoms with Gasteiger partial charge in [0.05, 0.1) is 16.8 Å². The molecule has 0 fully saturated rings. The van der Waals surface area contributed by atoms with Gasteiger partial charge in [0, 0.05) is 12.1 Å². The molecular formula is C34H52ClN3O3S. The summed E-state index contributed by atoms with van der Waals surface area (Å²) >= 11 is 6.27. The summed E-state index contributed by atoms with van der Waals surface area (Å²) in [6, 6.07) is 12.4. The minimum absolute atomic E-state index is 0.0665. The topological polar surface area (TPSA) is 78.5 Å². The lowest BCUT2D eigenvalue weighted by Crippen LogP contribution is -2.45. The maximum Gasteiger partial charge on any atom is 0.269 e. The summed E-state index contributed by atoms with van der Waals surface area (Å²) in [6.45, 7) is 4.67. The second-order valence-corrected chi connectivity index (χ2v) is 14.0. The number of fused-ring (bicyclic) bond motifs is 1. The number of sulfonamides is 1. The molecule has 1 atom stereocenters. The van der Waals surface area contributed by atoms with Crippen molar-refractivity contribution >= 4 is 33.2 Å². The lowest BCUT2D eigenvalue weighted by atomic mass is 10.0. The van der Waals surface area contributed by atoms with E-state index in [4.69, 9.17) is 11.6 Å². The van der Waals surface area contributed by atoms with Gasteiger partial charge in [0.25, 0.3) is 5.91 Å². The van der Waals surface area contributed by atoms with Gasteiger partial charge in [-0.3, -0.25) is 15.2 Å². The number of nitrogens with zero attached hydrogens (tertiary/aromatic N) is 1. The van der Waals surface area contributed by atoms with Crippen molar-refractivity contribution in [3.63, 3.8) is 0 Å². The van der Waals surface area contributed by atoms with Crippen molar-refractivity contribution in [2.75, 3.05) is 11.6 Å². The van der Waals surface area contributed by atoms with E-state index in [1.54, 1.807) is 6.07 Å². The van der Waals surface area contributed by atoms with Gasteiger partial charge < -0.3 is 0 Å². The highest BCUT2D eigenvalue weighted by Crippen LogP contribution is 2.30. The lowest BCUT2D eigenvalue weighted by molar-refractivity contribution is 0.0946. The smallest absolute Gasteiger partial charge is 0.269 e. The van der Waals surface area contributed by atoms with Crippen LogP contribution in [0.5, 0.6) is 0 Å². The van der Waals surface area contributed by atoms with Crippen LogP contribution in [0.15, 0.2) is 47.4 Å². The van der Waals surface area contributed by atoms with E-state index in [-0.39, 0.29) is 27.4 Å². The summed E-state index contributed by atoms with van der Waals surface area (Å²) in [6.07, 6.45) is 21.2. The molecule has 1 unspecified atom stereocenters. The standard InChI is InChI=1S/C34H52ClN3O3S/c1-3-4-5-6-7-8-9-10-11-12-13-14-15-16-17-20-25-36-42(40,41)33-27-30(23-24-31(33)35)34(39)37-38-28(2)26-29-21-18-19-22-32(29)38/h18-19,21-24,27-28,36H,3-17,20,25-26H2,1-2H3,(H,37,39). The van der Waals surface area contributed by atoms with Crippen LogP contribution < -0.4 is 15.2 Å². The van der Waals surface area contributed by atoms with Crippen molar-refractivity contribution in [3.8, 4) is 0 Å². The van der Waals surface area contributed by atoms with Gasteiger partial charge in [-0.2, -0.15) is 0 Å². The van der Waals surface area contributed by atoms with Crippen LogP contribution in [0.3, 0.4) is 0 Å². The number of benzene rings is 2. The number of carbonyl (C=O) groups excluding carboxylic acids is 1. The van der Waals surface area contributed by atoms with E-state index >= 15 is 0 Å². The fourth-order valence-corrected chi connectivity index (χ4v) is 7.32. The minimum atomic E-state index is -3.83. The number of rotatable bonds is 21. The van der Waals surface area contributed by atoms with Crippen molar-refractivity contribution < 1.29 is 13.2 Å². The molecule has 1 heterocycles. The summed E-state index contributed by atoms with van der Waals surface area (Å²) in [7, 11) is -3.83. The lowest BCUT2D eigenvalue weighted by Gasteiger charge is -2.25. The molecule has 0 radical (unpaired) electrons. The third kappa shape index (κ3) is 11.2. The van der Waals surface area contributed by atoms with Gasteiger partial charge in [0.1, 0.15) is 4.90 Å². The maximum absolute atomic E-state index is 13.1. The number of unbranched alkanes of at least 4 members (excludes halogenated alkanes) is 15. The fourth-order valence-electron chi connectivity index (χ4n) is 5.72. The number of hydrazine groups is 1. The molecule has 0 spiro atoms. The normalized spacial score (nSPS) is 14.7. The highest BCUT2D eigenvalue weighted by Gasteiger charge is 2.28. The van der Waals surface area contributed by atoms with Crippen LogP contribution in [0.25, 0.3) is 0 Å². The van der Waals surface area contributed by atoms with Crippen LogP contribution >= 0.6 is 11.6 Å². The van der Waals surface area contributed by atoms with E-state index in [1.165, 1.54) is 101 Å². The zero-order valence-electron chi connectivity index (χ0n) is 25.8. The van der Waals surface area contributed by atoms with Crippen LogP contribution in [0.4, 0.5) is 5.69 Å². The monoisotopic (exact) mass is 617 g/mol. The zero-order valence-corrected chi connectivity index (χ0v) is 27.4. The Hall–Kier alpha value is -2.09. The molecule has 2 N–H and O–H groups in total. The van der Waals surface area contributed by atoms with Crippen LogP contribution in [0, 0.1) is 0 Å². The molecule has 1 aliphatic heterocycles. The Balaban J connectivity index is 1.30. The van der Waals surface area contributed by atoms with Gasteiger partial charge in [-0.25, -0.2) is 13.1 Å². The van der Waals surface area contributed by atoms with Crippen LogP contribution in [-0.4, -0.2) is 26.9 Å². The average molecular weight is 618 g/mol. The van der Waals surface area contributed by atoms with E-state index in [0.717, 1.165) is 31.4 Å². The molecule has 0 bridgehead atoms. The van der Waals surface area contributed by atoms with Gasteiger partial charge in [-0.1, -0.05) is 133 Å². The highest BCUT2D eigenvalue weighted by atomic mass is 35.5. The quantitative estimate of drug-likeness (QED) is 0.137. The van der Waals surface area contributed by atoms with Crippen LogP contribution in [-0.2, 0) is 16.4 Å². The summed E-state index contributed by atoms with van der Waals surface area (Å²) in [5, 5.41) is 1.95. The van der Waals surface area contributed by atoms with Crippen molar-refractivity contribution in [3.05, 3.63) is 58.6 Å². The highest BCUT2D eigenvalue weighted by molar-refractivity contribution is 7.89. The van der Waals surface area contributed by atoms with Crippen molar-refractivity contribution in [2.24, 2.45) is 0 Å². The van der Waals surface area contributed by atoms with Crippen molar-refractivity contribution in [1.29, 1.82) is 0 Å². The second-order valence-electron chi connectivity index (χ2n) is 11.8. The van der Waals surface area contributed by atoms with E-state index in [0.29, 0.717) is 6.54 Å². The predicted molar refractivity (Wildman–Crippen MR) is 176 cm³/mol. The first-order valence-electron chi connectivity index (χ1n) is 16.3. The Morgan fingerprint density at radius 2 is 1.38 bits per heavy atom. The summed E-state index contributed by atoms with van der Waals surface area (Å²) in [5.74, 6) is -0.371. The molecule has 8 heteroatoms. The fraction of sp³-hybridized carbons (Fsp3) is 0.618. The molecule has 0 saturated carbocycles. The van der Waals surface area contributed by atoms with Gasteiger partial charge in [-0.05, 0) is 49.6 Å². The second kappa shape index (κ2) is 18.5. The van der Waals surface area contributed by atoms with Crippen LogP contribution in [0.2, 0.25) is 5.02 Å². The molecule has 0 saturated heterocycles. The summed E-state index contributed by atoms with van der Waals surface area (Å²) in [4.78, 5) is 13.0. The van der Waals surface area contributed by atoms with Gasteiger partial charge >= 0.3 is 0 Å². The predicted octanol–water partition coefficient (Wildman–Crippen LogP) is 8.98. The third-order valence-corrected chi connectivity index (χ3v) is 10.2. The molecule has 2 aromatic rings. The number of halogens is 1. The van der Waals surface area contributed by atoms with Gasteiger partial charge in [0.15, 0.2) is 0 Å². The van der Waals surface area contributed by atoms with E-state index in [9.17, 15) is 13.2 Å². The SMILES string of the molecule is CCCCCCCCCCCCCCCCCCNS(=O)(=O)c1cc(C(=O)NN2c3ccccc3CC2C)ccc1Cl. The molecule has 234 valence electrons. The van der Waals surface area contributed by atoms with E-state index < -0.39 is 10.0 Å². The van der Waals surface area contributed by atoms with Gasteiger partial charge in [0.2, 0.25) is 10.0 Å². The molecular weight excluding hydrogens is 566 g/mol. The number of hydrogen-bond acceptors (Lipinski definition) is 4. The number of para-hydroxylation sites is 1. The molecule has 0 aliphatic carbocycles. The van der Waals surface area contributed by atoms with Crippen LogP contribution in [0.1, 0.15) is 133 Å². The first kappa shape index (κ1) is 34.4. The Morgan fingerprint density at radius 1 is 0.833 bits per heavy atom. The number of carbonyl (C=O) groups is 1. The number of hydrogen-bond donors (Lipinski definition) is 2. The largest absolute Gasteiger partial charge is 0.282 e. The van der Waals surface area contributed by atoms with E-state index in [2.05, 4.69) is 23.1 Å². The molecule has 42 heavy (non-hydrogen) atoms. The molecule has 2 aromatic carbocycles. The minimum Gasteiger partial charge on any atom is -0.282 e. The molecule has 3 rings (SSSR count). The Kier molecular flexibility index (Phi) is 15.2. The van der Waals surface area contributed by atoms with Crippen molar-refractivity contribution in [2.45, 2.75) is 134 Å². The summed E-state index contributed by atoms with van der Waals surface area (Å²) in [5.41, 5.74) is 5.32. The Labute approximate surface area is 260 Å². The van der Waals surface area contributed by atoms with Crippen molar-refractivity contribution in [1.82, 2.24) is 10.1 Å². The third-order valence-electron chi connectivity index (χ3n) is 8.23. The molecule has 0 aromatic heterocycles. The maximum atomic E-state index is 13.1. The van der Waals surface area contributed by atoms with Gasteiger partial charge in [-0.15, -0.1) is 0 Å². The molecule has 1 aliphatic rings. The first-order chi connectivity index (χ1) is 20.3. The molecule has 6 nitrogen and oxygen atoms in total. The number of amides is 1. The summed E-state index contributed by atoms with van der Waals surface area (Å²) < 4.78 is 28.7. The Morgan fingerprint density at radius 3 is 1.98 bits per heavy atom. The average Bonchev–Trinajstić information content (AvgIpc) is 3.29. The Bertz CT molecular complexity index is 1200. The first-order valence-corrected chi connectivity index (χ1v) is 18.2. The number of anilines is 1. The number of nitrogens with one attached hydrogen (secondary N) is 2.